The van der Waals surface area contributed by atoms with Crippen LogP contribution in [0.1, 0.15) is 37.7 Å². The Morgan fingerprint density at radius 3 is 2.28 bits per heavy atom. The Morgan fingerprint density at radius 1 is 0.880 bits per heavy atom. The van der Waals surface area contributed by atoms with Crippen LogP contribution in [0.5, 0.6) is 0 Å². The molecule has 2 aliphatic rings. The molecule has 4 nitrogen and oxygen atoms in total. The summed E-state index contributed by atoms with van der Waals surface area (Å²) < 4.78 is 0. The molecule has 0 atom stereocenters. The van der Waals surface area contributed by atoms with E-state index in [-0.39, 0.29) is 0 Å². The van der Waals surface area contributed by atoms with Crippen molar-refractivity contribution in [1.29, 1.82) is 0 Å². The van der Waals surface area contributed by atoms with Crippen LogP contribution in [0.2, 0.25) is 0 Å². The molecule has 4 rings (SSSR count). The highest BCUT2D eigenvalue weighted by Gasteiger charge is 2.26. The number of benzene rings is 1. The number of anilines is 1. The molecule has 132 valence electrons. The van der Waals surface area contributed by atoms with Crippen LogP contribution in [0.3, 0.4) is 0 Å². The van der Waals surface area contributed by atoms with Gasteiger partial charge in [-0.25, -0.2) is 0 Å². The maximum atomic E-state index is 4.57. The smallest absolute Gasteiger partial charge is 0.154 e. The van der Waals surface area contributed by atoms with Gasteiger partial charge in [0.15, 0.2) is 5.82 Å². The van der Waals surface area contributed by atoms with Crippen LogP contribution < -0.4 is 4.90 Å². The van der Waals surface area contributed by atoms with Crippen molar-refractivity contribution in [1.82, 2.24) is 15.1 Å². The van der Waals surface area contributed by atoms with Gasteiger partial charge in [0.1, 0.15) is 0 Å². The molecule has 0 N–H and O–H groups in total. The molecule has 1 saturated heterocycles. The van der Waals surface area contributed by atoms with Crippen molar-refractivity contribution < 1.29 is 0 Å². The van der Waals surface area contributed by atoms with Gasteiger partial charge in [0, 0.05) is 37.8 Å². The van der Waals surface area contributed by atoms with Crippen LogP contribution in [-0.2, 0) is 0 Å². The third-order valence-electron chi connectivity index (χ3n) is 5.73. The van der Waals surface area contributed by atoms with Crippen molar-refractivity contribution in [3.63, 3.8) is 0 Å². The Hall–Kier alpha value is -1.94. The third kappa shape index (κ3) is 3.69. The lowest BCUT2D eigenvalue weighted by atomic mass is 9.94. The molecule has 0 bridgehead atoms. The number of aryl methyl sites for hydroxylation is 1. The van der Waals surface area contributed by atoms with Gasteiger partial charge in [-0.1, -0.05) is 49.6 Å². The highest BCUT2D eigenvalue weighted by Crippen LogP contribution is 2.26. The minimum absolute atomic E-state index is 0.823. The second kappa shape index (κ2) is 7.52. The van der Waals surface area contributed by atoms with Gasteiger partial charge in [-0.2, -0.15) is 0 Å². The first kappa shape index (κ1) is 16.5. The maximum absolute atomic E-state index is 4.57. The zero-order chi connectivity index (χ0) is 17.1. The summed E-state index contributed by atoms with van der Waals surface area (Å²) in [6.45, 7) is 6.61. The third-order valence-corrected chi connectivity index (χ3v) is 5.73. The SMILES string of the molecule is Cc1cc(-c2ccccc2)nnc1N1CCN(C2CCCCC2)CC1. The van der Waals surface area contributed by atoms with Gasteiger partial charge in [0.2, 0.25) is 0 Å². The number of hydrogen-bond donors (Lipinski definition) is 0. The summed E-state index contributed by atoms with van der Waals surface area (Å²) in [4.78, 5) is 5.12. The summed E-state index contributed by atoms with van der Waals surface area (Å²) >= 11 is 0. The summed E-state index contributed by atoms with van der Waals surface area (Å²) in [6.07, 6.45) is 7.04. The molecule has 0 amide bonds. The molecule has 25 heavy (non-hydrogen) atoms. The Morgan fingerprint density at radius 2 is 1.60 bits per heavy atom. The molecule has 1 aliphatic heterocycles. The maximum Gasteiger partial charge on any atom is 0.154 e. The van der Waals surface area contributed by atoms with E-state index < -0.39 is 0 Å². The van der Waals surface area contributed by atoms with Crippen molar-refractivity contribution in [3.05, 3.63) is 42.0 Å². The van der Waals surface area contributed by atoms with Crippen molar-refractivity contribution in [2.75, 3.05) is 31.1 Å². The minimum Gasteiger partial charge on any atom is -0.352 e. The van der Waals surface area contributed by atoms with Crippen molar-refractivity contribution in [2.24, 2.45) is 0 Å². The van der Waals surface area contributed by atoms with E-state index in [1.165, 1.54) is 37.7 Å². The first-order valence-corrected chi connectivity index (χ1v) is 9.70. The number of nitrogens with zero attached hydrogens (tertiary/aromatic N) is 4. The van der Waals surface area contributed by atoms with E-state index in [9.17, 15) is 0 Å². The average molecular weight is 336 g/mol. The molecule has 1 aliphatic carbocycles. The predicted molar refractivity (Wildman–Crippen MR) is 103 cm³/mol. The summed E-state index contributed by atoms with van der Waals surface area (Å²) in [7, 11) is 0. The molecule has 2 aromatic rings. The van der Waals surface area contributed by atoms with E-state index in [2.05, 4.69) is 45.1 Å². The summed E-state index contributed by atoms with van der Waals surface area (Å²) in [5, 5.41) is 9.06. The number of piperazine rings is 1. The number of aromatic nitrogens is 2. The second-order valence-electron chi connectivity index (χ2n) is 7.42. The standard InChI is InChI=1S/C21H28N4/c1-17-16-20(18-8-4-2-5-9-18)22-23-21(17)25-14-12-24(13-15-25)19-10-6-3-7-11-19/h2,4-5,8-9,16,19H,3,6-7,10-15H2,1H3. The van der Waals surface area contributed by atoms with E-state index in [1.807, 2.05) is 18.2 Å². The number of rotatable bonds is 3. The van der Waals surface area contributed by atoms with Crippen LogP contribution >= 0.6 is 0 Å². The van der Waals surface area contributed by atoms with Crippen LogP contribution in [0.15, 0.2) is 36.4 Å². The van der Waals surface area contributed by atoms with Crippen molar-refractivity contribution in [3.8, 4) is 11.3 Å². The lowest BCUT2D eigenvalue weighted by molar-refractivity contribution is 0.147. The van der Waals surface area contributed by atoms with Crippen LogP contribution in [0.4, 0.5) is 5.82 Å². The molecule has 0 radical (unpaired) electrons. The van der Waals surface area contributed by atoms with E-state index in [4.69, 9.17) is 0 Å². The first-order valence-electron chi connectivity index (χ1n) is 9.70. The van der Waals surface area contributed by atoms with E-state index >= 15 is 0 Å². The van der Waals surface area contributed by atoms with E-state index in [1.54, 1.807) is 0 Å². The molecule has 0 unspecified atom stereocenters. The molecule has 1 aromatic heterocycles. The Balaban J connectivity index is 1.42. The van der Waals surface area contributed by atoms with Crippen LogP contribution in [0, 0.1) is 6.92 Å². The topological polar surface area (TPSA) is 32.3 Å². The van der Waals surface area contributed by atoms with Gasteiger partial charge in [0.05, 0.1) is 5.69 Å². The summed E-state index contributed by atoms with van der Waals surface area (Å²) in [5.41, 5.74) is 3.31. The van der Waals surface area contributed by atoms with E-state index in [0.29, 0.717) is 0 Å². The lowest BCUT2D eigenvalue weighted by Gasteiger charge is -2.41. The molecule has 4 heteroatoms. The molecule has 0 spiro atoms. The Labute approximate surface area is 150 Å². The molecule has 1 aromatic carbocycles. The molecule has 2 fully saturated rings. The first-order chi connectivity index (χ1) is 12.3. The Kier molecular flexibility index (Phi) is 4.97. The fourth-order valence-corrected chi connectivity index (χ4v) is 4.29. The van der Waals surface area contributed by atoms with Gasteiger partial charge in [0.25, 0.3) is 0 Å². The summed E-state index contributed by atoms with van der Waals surface area (Å²) in [6, 6.07) is 13.3. The van der Waals surface area contributed by atoms with Gasteiger partial charge >= 0.3 is 0 Å². The molecular formula is C21H28N4. The Bertz CT molecular complexity index is 686. The van der Waals surface area contributed by atoms with E-state index in [0.717, 1.165) is 49.3 Å². The quantitative estimate of drug-likeness (QED) is 0.851. The predicted octanol–water partition coefficient (Wildman–Crippen LogP) is 3.91. The van der Waals surface area contributed by atoms with Gasteiger partial charge in [-0.05, 0) is 31.4 Å². The molecule has 2 heterocycles. The normalized spacial score (nSPS) is 20.0. The van der Waals surface area contributed by atoms with Gasteiger partial charge < -0.3 is 4.90 Å². The zero-order valence-corrected chi connectivity index (χ0v) is 15.2. The molecule has 1 saturated carbocycles. The van der Waals surface area contributed by atoms with Crippen LogP contribution in [0.25, 0.3) is 11.3 Å². The number of hydrogen-bond acceptors (Lipinski definition) is 4. The second-order valence-corrected chi connectivity index (χ2v) is 7.42. The fourth-order valence-electron chi connectivity index (χ4n) is 4.29. The lowest BCUT2D eigenvalue weighted by Crippen LogP contribution is -2.51. The fraction of sp³-hybridized carbons (Fsp3) is 0.524. The largest absolute Gasteiger partial charge is 0.352 e. The van der Waals surface area contributed by atoms with Crippen LogP contribution in [-0.4, -0.2) is 47.3 Å². The zero-order valence-electron chi connectivity index (χ0n) is 15.2. The minimum atomic E-state index is 0.823. The highest BCUT2D eigenvalue weighted by atomic mass is 15.3. The van der Waals surface area contributed by atoms with Crippen molar-refractivity contribution in [2.45, 2.75) is 45.1 Å². The van der Waals surface area contributed by atoms with Gasteiger partial charge in [-0.3, -0.25) is 4.90 Å². The van der Waals surface area contributed by atoms with Gasteiger partial charge in [-0.15, -0.1) is 10.2 Å². The molecular weight excluding hydrogens is 308 g/mol. The average Bonchev–Trinajstić information content (AvgIpc) is 2.69. The summed E-state index contributed by atoms with van der Waals surface area (Å²) in [5.74, 6) is 1.06. The highest BCUT2D eigenvalue weighted by molar-refractivity contribution is 5.61. The van der Waals surface area contributed by atoms with Crippen molar-refractivity contribution >= 4 is 5.82 Å². The monoisotopic (exact) mass is 336 g/mol.